The molecule has 4 aliphatic carbocycles. The minimum atomic E-state index is -0.125. The normalized spacial score (nSPS) is 30.9. The van der Waals surface area contributed by atoms with E-state index in [4.69, 9.17) is 0 Å². The van der Waals surface area contributed by atoms with Crippen molar-refractivity contribution in [3.05, 3.63) is 59.7 Å². The molecule has 0 saturated heterocycles. The molecule has 0 unspecified atom stereocenters. The smallest absolute Gasteiger partial charge is 0.237 e. The van der Waals surface area contributed by atoms with Gasteiger partial charge in [-0.3, -0.25) is 4.79 Å². The molecule has 1 N–H and O–H groups in total. The van der Waals surface area contributed by atoms with Crippen molar-refractivity contribution in [3.8, 4) is 0 Å². The fourth-order valence-electron chi connectivity index (χ4n) is 6.49. The molecule has 29 heavy (non-hydrogen) atoms. The molecule has 3 heteroatoms. The monoisotopic (exact) mass is 405 g/mol. The van der Waals surface area contributed by atoms with Gasteiger partial charge in [0, 0.05) is 10.6 Å². The summed E-state index contributed by atoms with van der Waals surface area (Å²) >= 11 is 1.61. The number of hydrogen-bond acceptors (Lipinski definition) is 2. The van der Waals surface area contributed by atoms with Gasteiger partial charge in [-0.15, -0.1) is 11.8 Å². The highest BCUT2D eigenvalue weighted by Crippen LogP contribution is 2.60. The van der Waals surface area contributed by atoms with Crippen molar-refractivity contribution in [3.63, 3.8) is 0 Å². The van der Waals surface area contributed by atoms with E-state index in [-0.39, 0.29) is 11.2 Å². The molecule has 0 spiro atoms. The van der Waals surface area contributed by atoms with Crippen LogP contribution in [0.4, 0.5) is 5.69 Å². The highest BCUT2D eigenvalue weighted by atomic mass is 32.2. The largest absolute Gasteiger partial charge is 0.325 e. The third-order valence-corrected chi connectivity index (χ3v) is 8.62. The first kappa shape index (κ1) is 19.2. The van der Waals surface area contributed by atoms with Crippen LogP contribution in [0.3, 0.4) is 0 Å². The van der Waals surface area contributed by atoms with E-state index in [0.29, 0.717) is 5.41 Å². The number of carbonyl (C=O) groups is 1. The fraction of sp³-hybridized carbons (Fsp3) is 0.500. The molecule has 2 aromatic rings. The van der Waals surface area contributed by atoms with Crippen molar-refractivity contribution >= 4 is 23.4 Å². The lowest BCUT2D eigenvalue weighted by Gasteiger charge is -2.57. The Morgan fingerprint density at radius 1 is 0.931 bits per heavy atom. The third-order valence-electron chi connectivity index (χ3n) is 7.51. The Kier molecular flexibility index (Phi) is 4.98. The van der Waals surface area contributed by atoms with Gasteiger partial charge >= 0.3 is 0 Å². The molecule has 0 aliphatic heterocycles. The van der Waals surface area contributed by atoms with Crippen LogP contribution in [0.1, 0.15) is 56.6 Å². The SMILES string of the molecule is Cc1ccc(S[C@H](C)C(=O)Nc2ccc(C34CC5CC(CC(C5)C3)C4)cc2)cc1. The van der Waals surface area contributed by atoms with Crippen LogP contribution in [0, 0.1) is 24.7 Å². The van der Waals surface area contributed by atoms with E-state index in [0.717, 1.165) is 28.3 Å². The van der Waals surface area contributed by atoms with Gasteiger partial charge in [-0.05, 0) is 105 Å². The summed E-state index contributed by atoms with van der Waals surface area (Å²) in [5.74, 6) is 2.94. The van der Waals surface area contributed by atoms with Gasteiger partial charge in [-0.2, -0.15) is 0 Å². The summed E-state index contributed by atoms with van der Waals surface area (Å²) in [6.45, 7) is 4.06. The first-order valence-corrected chi connectivity index (χ1v) is 12.0. The zero-order chi connectivity index (χ0) is 20.0. The van der Waals surface area contributed by atoms with E-state index in [9.17, 15) is 4.79 Å². The molecule has 4 aliphatic rings. The molecular weight excluding hydrogens is 374 g/mol. The second-order valence-corrected chi connectivity index (χ2v) is 11.3. The van der Waals surface area contributed by atoms with Crippen LogP contribution in [0.25, 0.3) is 0 Å². The first-order chi connectivity index (χ1) is 14.0. The molecule has 4 saturated carbocycles. The Balaban J connectivity index is 1.24. The van der Waals surface area contributed by atoms with Gasteiger partial charge in [-0.1, -0.05) is 29.8 Å². The molecule has 4 fully saturated rings. The van der Waals surface area contributed by atoms with Crippen LogP contribution in [0.15, 0.2) is 53.4 Å². The average molecular weight is 406 g/mol. The standard InChI is InChI=1S/C26H31NOS/c1-17-3-9-24(10-4-17)29-18(2)25(28)27-23-7-5-22(6-8-23)26-14-19-11-20(15-26)13-21(12-19)16-26/h3-10,18-21H,11-16H2,1-2H3,(H,27,28)/t18-,19?,20?,21?,26?/m1/s1. The van der Waals surface area contributed by atoms with E-state index < -0.39 is 0 Å². The third kappa shape index (κ3) is 3.86. The van der Waals surface area contributed by atoms with Crippen molar-refractivity contribution in [2.45, 2.75) is 67.9 Å². The maximum Gasteiger partial charge on any atom is 0.237 e. The van der Waals surface area contributed by atoms with Crippen LogP contribution >= 0.6 is 11.8 Å². The number of nitrogens with one attached hydrogen (secondary N) is 1. The summed E-state index contributed by atoms with van der Waals surface area (Å²) in [7, 11) is 0. The lowest BCUT2D eigenvalue weighted by atomic mass is 9.48. The summed E-state index contributed by atoms with van der Waals surface area (Å²) in [4.78, 5) is 13.8. The van der Waals surface area contributed by atoms with Gasteiger partial charge in [0.15, 0.2) is 0 Å². The molecule has 4 bridgehead atoms. The van der Waals surface area contributed by atoms with Crippen molar-refractivity contribution in [2.75, 3.05) is 5.32 Å². The van der Waals surface area contributed by atoms with Gasteiger partial charge < -0.3 is 5.32 Å². The summed E-state index contributed by atoms with van der Waals surface area (Å²) in [6, 6.07) is 17.2. The van der Waals surface area contributed by atoms with Crippen LogP contribution in [-0.4, -0.2) is 11.2 Å². The first-order valence-electron chi connectivity index (χ1n) is 11.1. The molecule has 2 nitrogen and oxygen atoms in total. The Labute approximate surface area is 178 Å². The fourth-order valence-corrected chi connectivity index (χ4v) is 7.36. The number of anilines is 1. The van der Waals surface area contributed by atoms with Crippen molar-refractivity contribution < 1.29 is 4.79 Å². The second-order valence-electron chi connectivity index (χ2n) is 9.84. The number of hydrogen-bond donors (Lipinski definition) is 1. The summed E-state index contributed by atoms with van der Waals surface area (Å²) in [5.41, 5.74) is 4.09. The van der Waals surface area contributed by atoms with Crippen molar-refractivity contribution in [1.82, 2.24) is 0 Å². The Hall–Kier alpha value is -1.74. The predicted molar refractivity (Wildman–Crippen MR) is 121 cm³/mol. The molecule has 0 heterocycles. The van der Waals surface area contributed by atoms with Gasteiger partial charge in [-0.25, -0.2) is 0 Å². The number of rotatable bonds is 5. The molecular formula is C26H31NOS. The zero-order valence-corrected chi connectivity index (χ0v) is 18.3. The van der Waals surface area contributed by atoms with E-state index >= 15 is 0 Å². The van der Waals surface area contributed by atoms with Gasteiger partial charge in [0.25, 0.3) is 0 Å². The van der Waals surface area contributed by atoms with E-state index in [2.05, 4.69) is 60.8 Å². The van der Waals surface area contributed by atoms with Gasteiger partial charge in [0.1, 0.15) is 0 Å². The minimum Gasteiger partial charge on any atom is -0.325 e. The van der Waals surface area contributed by atoms with Gasteiger partial charge in [0.2, 0.25) is 5.91 Å². The summed E-state index contributed by atoms with van der Waals surface area (Å²) in [6.07, 6.45) is 8.58. The number of thioether (sulfide) groups is 1. The highest BCUT2D eigenvalue weighted by Gasteiger charge is 2.51. The Morgan fingerprint density at radius 2 is 1.48 bits per heavy atom. The summed E-state index contributed by atoms with van der Waals surface area (Å²) in [5, 5.41) is 2.99. The Morgan fingerprint density at radius 3 is 2.03 bits per heavy atom. The lowest BCUT2D eigenvalue weighted by Crippen LogP contribution is -2.48. The van der Waals surface area contributed by atoms with E-state index in [1.165, 1.54) is 49.7 Å². The number of carbonyl (C=O) groups excluding carboxylic acids is 1. The summed E-state index contributed by atoms with van der Waals surface area (Å²) < 4.78 is 0. The Bertz CT molecular complexity index is 851. The highest BCUT2D eigenvalue weighted by molar-refractivity contribution is 8.00. The molecule has 1 amide bonds. The predicted octanol–water partition coefficient (Wildman–Crippen LogP) is 6.58. The minimum absolute atomic E-state index is 0.0677. The average Bonchev–Trinajstić information content (AvgIpc) is 2.69. The number of amides is 1. The van der Waals surface area contributed by atoms with Crippen molar-refractivity contribution in [2.24, 2.45) is 17.8 Å². The number of aryl methyl sites for hydroxylation is 1. The zero-order valence-electron chi connectivity index (χ0n) is 17.5. The maximum absolute atomic E-state index is 12.7. The molecule has 2 aromatic carbocycles. The van der Waals surface area contributed by atoms with Crippen LogP contribution < -0.4 is 5.32 Å². The number of benzene rings is 2. The second kappa shape index (κ2) is 7.50. The molecule has 0 radical (unpaired) electrons. The van der Waals surface area contributed by atoms with Crippen LogP contribution in [0.2, 0.25) is 0 Å². The maximum atomic E-state index is 12.7. The van der Waals surface area contributed by atoms with E-state index in [1.807, 2.05) is 6.92 Å². The quantitative estimate of drug-likeness (QED) is 0.569. The van der Waals surface area contributed by atoms with Crippen molar-refractivity contribution in [1.29, 1.82) is 0 Å². The molecule has 1 atom stereocenters. The molecule has 152 valence electrons. The lowest BCUT2D eigenvalue weighted by molar-refractivity contribution is -0.115. The molecule has 0 aromatic heterocycles. The van der Waals surface area contributed by atoms with Crippen LogP contribution in [-0.2, 0) is 10.2 Å². The molecule has 6 rings (SSSR count). The van der Waals surface area contributed by atoms with E-state index in [1.54, 1.807) is 11.8 Å². The van der Waals surface area contributed by atoms with Gasteiger partial charge in [0.05, 0.1) is 5.25 Å². The topological polar surface area (TPSA) is 29.1 Å². The van der Waals surface area contributed by atoms with Crippen LogP contribution in [0.5, 0.6) is 0 Å².